The van der Waals surface area contributed by atoms with Crippen LogP contribution in [0.4, 0.5) is 0 Å². The van der Waals surface area contributed by atoms with Gasteiger partial charge in [0, 0.05) is 53.1 Å². The highest BCUT2D eigenvalue weighted by atomic mass is 32.1. The van der Waals surface area contributed by atoms with Crippen LogP contribution in [0, 0.1) is 0 Å². The number of hydrogen-bond donors (Lipinski definition) is 0. The molecule has 46 heavy (non-hydrogen) atoms. The molecule has 0 fully saturated rings. The Hall–Kier alpha value is -5.84. The van der Waals surface area contributed by atoms with Crippen molar-refractivity contribution in [2.24, 2.45) is 0 Å². The maximum Gasteiger partial charge on any atom is 0.161 e. The number of fused-ring (bicyclic) bond motifs is 9. The summed E-state index contributed by atoms with van der Waals surface area (Å²) in [7, 11) is 0. The van der Waals surface area contributed by atoms with Crippen molar-refractivity contribution in [1.82, 2.24) is 14.5 Å². The van der Waals surface area contributed by atoms with E-state index >= 15 is 0 Å². The Balaban J connectivity index is 1.25. The van der Waals surface area contributed by atoms with Crippen LogP contribution in [-0.4, -0.2) is 14.5 Å². The Morgan fingerprint density at radius 1 is 0.478 bits per heavy atom. The highest BCUT2D eigenvalue weighted by Gasteiger charge is 2.20. The van der Waals surface area contributed by atoms with Crippen molar-refractivity contribution in [3.63, 3.8) is 0 Å². The monoisotopic (exact) mass is 603 g/mol. The number of benzene rings is 7. The zero-order chi connectivity index (χ0) is 30.2. The van der Waals surface area contributed by atoms with Crippen LogP contribution in [0.5, 0.6) is 0 Å². The zero-order valence-electron chi connectivity index (χ0n) is 24.7. The van der Waals surface area contributed by atoms with Gasteiger partial charge < -0.3 is 4.57 Å². The number of aromatic nitrogens is 3. The highest BCUT2D eigenvalue weighted by Crippen LogP contribution is 2.46. The smallest absolute Gasteiger partial charge is 0.161 e. The molecule has 4 heteroatoms. The molecule has 0 saturated carbocycles. The third-order valence-electron chi connectivity index (χ3n) is 9.18. The third kappa shape index (κ3) is 3.71. The van der Waals surface area contributed by atoms with Gasteiger partial charge in [-0.25, -0.2) is 9.97 Å². The molecule has 0 amide bonds. The van der Waals surface area contributed by atoms with Crippen molar-refractivity contribution in [2.75, 3.05) is 0 Å². The molecule has 0 radical (unpaired) electrons. The molecule has 0 aliphatic rings. The Kier molecular flexibility index (Phi) is 5.45. The number of thiophene rings is 1. The van der Waals surface area contributed by atoms with E-state index in [1.165, 1.54) is 58.4 Å². The Bertz CT molecular complexity index is 2810. The van der Waals surface area contributed by atoms with E-state index in [1.807, 2.05) is 11.3 Å². The summed E-state index contributed by atoms with van der Waals surface area (Å²) in [5, 5.41) is 8.54. The fourth-order valence-corrected chi connectivity index (χ4v) is 8.46. The molecule has 3 aromatic heterocycles. The van der Waals surface area contributed by atoms with Crippen LogP contribution >= 0.6 is 11.3 Å². The van der Waals surface area contributed by atoms with Crippen molar-refractivity contribution in [3.05, 3.63) is 152 Å². The van der Waals surface area contributed by atoms with Gasteiger partial charge >= 0.3 is 0 Å². The Morgan fingerprint density at radius 3 is 2.13 bits per heavy atom. The Morgan fingerprint density at radius 2 is 1.22 bits per heavy atom. The lowest BCUT2D eigenvalue weighted by atomic mass is 10.0. The van der Waals surface area contributed by atoms with Gasteiger partial charge in [0.2, 0.25) is 0 Å². The molecule has 10 rings (SSSR count). The van der Waals surface area contributed by atoms with Gasteiger partial charge in [0.05, 0.1) is 22.2 Å². The van der Waals surface area contributed by atoms with Gasteiger partial charge in [0.15, 0.2) is 5.82 Å². The van der Waals surface area contributed by atoms with Gasteiger partial charge in [0.1, 0.15) is 0 Å². The minimum atomic E-state index is 0.752. The molecular formula is C42H25N3S. The second-order valence-corrected chi connectivity index (χ2v) is 12.8. The van der Waals surface area contributed by atoms with Crippen LogP contribution in [0.25, 0.3) is 92.0 Å². The fraction of sp³-hybridized carbons (Fsp3) is 0. The second-order valence-electron chi connectivity index (χ2n) is 11.8. The molecular weight excluding hydrogens is 579 g/mol. The average molecular weight is 604 g/mol. The standard InChI is InChI=1S/C42H25N3S/c1-2-13-29(14-3-1)45-36-20-9-7-16-33(36)38-37(45)24-23-31-30-17-10-18-34(40(30)46-41(31)38)42-43-35-19-8-6-15-32(35)39(44-42)28-22-21-26-11-4-5-12-27(26)25-28/h1-25H. The van der Waals surface area contributed by atoms with Crippen molar-refractivity contribution < 1.29 is 0 Å². The van der Waals surface area contributed by atoms with Crippen molar-refractivity contribution in [1.29, 1.82) is 0 Å². The maximum absolute atomic E-state index is 5.32. The summed E-state index contributed by atoms with van der Waals surface area (Å²) in [6, 6.07) is 54.0. The van der Waals surface area contributed by atoms with E-state index in [1.54, 1.807) is 0 Å². The molecule has 214 valence electrons. The SMILES string of the molecule is c1ccc(-n2c3ccccc3c3c4sc5c(-c6nc(-c7ccc8ccccc8c7)c7ccccc7n6)cccc5c4ccc32)cc1. The highest BCUT2D eigenvalue weighted by molar-refractivity contribution is 7.27. The summed E-state index contributed by atoms with van der Waals surface area (Å²) in [6.45, 7) is 0. The predicted molar refractivity (Wildman–Crippen MR) is 195 cm³/mol. The molecule has 3 nitrogen and oxygen atoms in total. The number of hydrogen-bond acceptors (Lipinski definition) is 3. The summed E-state index contributed by atoms with van der Waals surface area (Å²) in [4.78, 5) is 10.5. The lowest BCUT2D eigenvalue weighted by Crippen LogP contribution is -1.95. The van der Waals surface area contributed by atoms with E-state index in [4.69, 9.17) is 9.97 Å². The first-order chi connectivity index (χ1) is 22.8. The van der Waals surface area contributed by atoms with Gasteiger partial charge in [-0.1, -0.05) is 109 Å². The number of para-hydroxylation sites is 3. The molecule has 0 N–H and O–H groups in total. The van der Waals surface area contributed by atoms with E-state index in [-0.39, 0.29) is 0 Å². The summed E-state index contributed by atoms with van der Waals surface area (Å²) in [5.74, 6) is 0.752. The first-order valence-electron chi connectivity index (χ1n) is 15.5. The van der Waals surface area contributed by atoms with Crippen LogP contribution in [0.2, 0.25) is 0 Å². The van der Waals surface area contributed by atoms with Crippen LogP contribution < -0.4 is 0 Å². The molecule has 0 unspecified atom stereocenters. The molecule has 0 atom stereocenters. The van der Waals surface area contributed by atoms with Crippen LogP contribution in [0.15, 0.2) is 152 Å². The van der Waals surface area contributed by atoms with Crippen LogP contribution in [0.3, 0.4) is 0 Å². The molecule has 7 aromatic carbocycles. The molecule has 3 heterocycles. The van der Waals surface area contributed by atoms with Crippen molar-refractivity contribution in [3.8, 4) is 28.3 Å². The Labute approximate surface area is 268 Å². The lowest BCUT2D eigenvalue weighted by molar-refractivity contribution is 1.18. The maximum atomic E-state index is 5.32. The van der Waals surface area contributed by atoms with Crippen LogP contribution in [-0.2, 0) is 0 Å². The molecule has 0 aliphatic heterocycles. The molecule has 0 saturated heterocycles. The topological polar surface area (TPSA) is 30.7 Å². The summed E-state index contributed by atoms with van der Waals surface area (Å²) in [5.41, 5.74) is 7.66. The molecule has 10 aromatic rings. The molecule has 0 aliphatic carbocycles. The van der Waals surface area contributed by atoms with E-state index in [0.29, 0.717) is 0 Å². The number of rotatable bonds is 3. The summed E-state index contributed by atoms with van der Waals surface area (Å²) < 4.78 is 4.89. The van der Waals surface area contributed by atoms with E-state index in [0.717, 1.165) is 33.5 Å². The predicted octanol–water partition coefficient (Wildman–Crippen LogP) is 11.6. The van der Waals surface area contributed by atoms with Crippen molar-refractivity contribution >= 4 is 75.0 Å². The minimum absolute atomic E-state index is 0.752. The van der Waals surface area contributed by atoms with Crippen molar-refractivity contribution in [2.45, 2.75) is 0 Å². The number of nitrogens with zero attached hydrogens (tertiary/aromatic N) is 3. The largest absolute Gasteiger partial charge is 0.309 e. The zero-order valence-corrected chi connectivity index (χ0v) is 25.5. The van der Waals surface area contributed by atoms with Crippen LogP contribution in [0.1, 0.15) is 0 Å². The first kappa shape index (κ1) is 25.5. The van der Waals surface area contributed by atoms with E-state index in [9.17, 15) is 0 Å². The van der Waals surface area contributed by atoms with Gasteiger partial charge in [-0.05, 0) is 53.2 Å². The summed E-state index contributed by atoms with van der Waals surface area (Å²) >= 11 is 1.85. The molecule has 0 spiro atoms. The van der Waals surface area contributed by atoms with Gasteiger partial charge in [-0.3, -0.25) is 0 Å². The normalized spacial score (nSPS) is 11.9. The molecule has 0 bridgehead atoms. The fourth-order valence-electron chi connectivity index (χ4n) is 7.09. The minimum Gasteiger partial charge on any atom is -0.309 e. The van der Waals surface area contributed by atoms with Gasteiger partial charge in [-0.2, -0.15) is 0 Å². The second kappa shape index (κ2) is 9.83. The third-order valence-corrected chi connectivity index (χ3v) is 10.5. The first-order valence-corrected chi connectivity index (χ1v) is 16.3. The quantitative estimate of drug-likeness (QED) is 0.201. The average Bonchev–Trinajstić information content (AvgIpc) is 3.67. The van der Waals surface area contributed by atoms with Gasteiger partial charge in [-0.15, -0.1) is 11.3 Å². The summed E-state index contributed by atoms with van der Waals surface area (Å²) in [6.07, 6.45) is 0. The lowest BCUT2D eigenvalue weighted by Gasteiger charge is -2.11. The van der Waals surface area contributed by atoms with E-state index < -0.39 is 0 Å². The van der Waals surface area contributed by atoms with E-state index in [2.05, 4.69) is 156 Å². The van der Waals surface area contributed by atoms with Gasteiger partial charge in [0.25, 0.3) is 0 Å².